The van der Waals surface area contributed by atoms with E-state index < -0.39 is 0 Å². The van der Waals surface area contributed by atoms with Crippen molar-refractivity contribution in [2.45, 2.75) is 25.7 Å². The molecule has 4 rings (SSSR count). The van der Waals surface area contributed by atoms with Gasteiger partial charge in [-0.15, -0.1) is 0 Å². The Bertz CT molecular complexity index is 963. The van der Waals surface area contributed by atoms with Crippen LogP contribution in [0.3, 0.4) is 0 Å². The molecule has 0 spiro atoms. The maximum Gasteiger partial charge on any atom is 0.0181 e. The minimum Gasteiger partial charge on any atom is -0.0620 e. The van der Waals surface area contributed by atoms with E-state index in [1.165, 1.54) is 33.4 Å². The highest BCUT2D eigenvalue weighted by molar-refractivity contribution is 9.10. The zero-order valence-electron chi connectivity index (χ0n) is 14.6. The first kappa shape index (κ1) is 16.4. The molecule has 0 nitrogen and oxygen atoms in total. The number of fused-ring (bicyclic) bond motifs is 2. The Labute approximate surface area is 158 Å². The molecule has 25 heavy (non-hydrogen) atoms. The van der Waals surface area contributed by atoms with Crippen LogP contribution < -0.4 is 0 Å². The van der Waals surface area contributed by atoms with Crippen molar-refractivity contribution < 1.29 is 0 Å². The van der Waals surface area contributed by atoms with E-state index in [2.05, 4.69) is 109 Å². The van der Waals surface area contributed by atoms with Crippen LogP contribution in [0.4, 0.5) is 0 Å². The number of rotatable bonds is 1. The number of benzene rings is 3. The van der Waals surface area contributed by atoms with Gasteiger partial charge in [0.05, 0.1) is 0 Å². The van der Waals surface area contributed by atoms with Crippen molar-refractivity contribution in [3.05, 3.63) is 105 Å². The highest BCUT2D eigenvalue weighted by atomic mass is 79.9. The molecule has 1 aliphatic carbocycles. The Kier molecular flexibility index (Phi) is 4.13. The normalized spacial score (nSPS) is 17.5. The smallest absolute Gasteiger partial charge is 0.0181 e. The largest absolute Gasteiger partial charge is 0.0620 e. The SMILES string of the molecule is CC1(C)c2ccccc2/C=C(\c2cccc(Br)c2)Cc2ccccc21. The van der Waals surface area contributed by atoms with Crippen LogP contribution in [-0.2, 0) is 11.8 Å². The molecule has 0 heterocycles. The van der Waals surface area contributed by atoms with Crippen LogP contribution in [0.15, 0.2) is 77.3 Å². The van der Waals surface area contributed by atoms with Crippen LogP contribution in [0.5, 0.6) is 0 Å². The van der Waals surface area contributed by atoms with Crippen molar-refractivity contribution in [2.24, 2.45) is 0 Å². The molecule has 0 N–H and O–H groups in total. The van der Waals surface area contributed by atoms with E-state index in [1.807, 2.05) is 0 Å². The van der Waals surface area contributed by atoms with Gasteiger partial charge in [-0.3, -0.25) is 0 Å². The molecule has 0 atom stereocenters. The van der Waals surface area contributed by atoms with Gasteiger partial charge in [0.2, 0.25) is 0 Å². The van der Waals surface area contributed by atoms with Crippen LogP contribution in [0.1, 0.15) is 41.7 Å². The predicted octanol–water partition coefficient (Wildman–Crippen LogP) is 6.87. The molecule has 0 aliphatic heterocycles. The maximum atomic E-state index is 3.62. The third-order valence-electron chi connectivity index (χ3n) is 5.23. The van der Waals surface area contributed by atoms with Gasteiger partial charge in [-0.1, -0.05) is 96.5 Å². The van der Waals surface area contributed by atoms with Gasteiger partial charge >= 0.3 is 0 Å². The van der Waals surface area contributed by atoms with Crippen LogP contribution in [0, 0.1) is 0 Å². The molecular formula is C24H21Br. The van der Waals surface area contributed by atoms with E-state index in [4.69, 9.17) is 0 Å². The van der Waals surface area contributed by atoms with Crippen molar-refractivity contribution in [3.8, 4) is 0 Å². The molecule has 0 amide bonds. The molecule has 3 aromatic rings. The lowest BCUT2D eigenvalue weighted by molar-refractivity contribution is 0.632. The highest BCUT2D eigenvalue weighted by Gasteiger charge is 2.29. The third-order valence-corrected chi connectivity index (χ3v) is 5.72. The van der Waals surface area contributed by atoms with Crippen LogP contribution in [0.25, 0.3) is 11.6 Å². The standard InChI is InChI=1S/C24H21Br/c1-24(2)22-12-5-3-8-18(22)14-20(17-10-7-11-21(25)16-17)15-19-9-4-6-13-23(19)24/h3-14,16H,15H2,1-2H3/b20-14-. The number of hydrogen-bond donors (Lipinski definition) is 0. The zero-order chi connectivity index (χ0) is 17.4. The Morgan fingerprint density at radius 2 is 1.52 bits per heavy atom. The van der Waals surface area contributed by atoms with Gasteiger partial charge in [-0.05, 0) is 51.9 Å². The Morgan fingerprint density at radius 3 is 2.32 bits per heavy atom. The lowest BCUT2D eigenvalue weighted by atomic mass is 9.71. The van der Waals surface area contributed by atoms with Crippen molar-refractivity contribution in [1.29, 1.82) is 0 Å². The summed E-state index contributed by atoms with van der Waals surface area (Å²) in [6.07, 6.45) is 3.32. The van der Waals surface area contributed by atoms with E-state index in [0.717, 1.165) is 10.9 Å². The van der Waals surface area contributed by atoms with Gasteiger partial charge in [0, 0.05) is 9.89 Å². The second-order valence-electron chi connectivity index (χ2n) is 7.23. The quantitative estimate of drug-likeness (QED) is 0.426. The van der Waals surface area contributed by atoms with Crippen molar-refractivity contribution in [2.75, 3.05) is 0 Å². The van der Waals surface area contributed by atoms with E-state index >= 15 is 0 Å². The number of halogens is 1. The Morgan fingerprint density at radius 1 is 0.800 bits per heavy atom. The summed E-state index contributed by atoms with van der Waals surface area (Å²) in [7, 11) is 0. The van der Waals surface area contributed by atoms with Gasteiger partial charge in [0.25, 0.3) is 0 Å². The highest BCUT2D eigenvalue weighted by Crippen LogP contribution is 2.40. The van der Waals surface area contributed by atoms with Crippen LogP contribution in [0.2, 0.25) is 0 Å². The first-order valence-electron chi connectivity index (χ1n) is 8.70. The van der Waals surface area contributed by atoms with Crippen molar-refractivity contribution in [3.63, 3.8) is 0 Å². The number of hydrogen-bond acceptors (Lipinski definition) is 0. The summed E-state index contributed by atoms with van der Waals surface area (Å²) >= 11 is 3.62. The molecule has 1 heteroatoms. The van der Waals surface area contributed by atoms with Crippen molar-refractivity contribution >= 4 is 27.6 Å². The molecule has 124 valence electrons. The summed E-state index contributed by atoms with van der Waals surface area (Å²) in [6.45, 7) is 4.67. The molecule has 0 saturated heterocycles. The topological polar surface area (TPSA) is 0 Å². The van der Waals surface area contributed by atoms with E-state index in [9.17, 15) is 0 Å². The van der Waals surface area contributed by atoms with E-state index in [1.54, 1.807) is 0 Å². The molecular weight excluding hydrogens is 368 g/mol. The second kappa shape index (κ2) is 6.31. The molecule has 0 radical (unpaired) electrons. The fraction of sp³-hybridized carbons (Fsp3) is 0.167. The van der Waals surface area contributed by atoms with E-state index in [0.29, 0.717) is 0 Å². The van der Waals surface area contributed by atoms with E-state index in [-0.39, 0.29) is 5.41 Å². The van der Waals surface area contributed by atoms with Crippen LogP contribution >= 0.6 is 15.9 Å². The molecule has 0 bridgehead atoms. The average Bonchev–Trinajstić information content (AvgIpc) is 2.61. The predicted molar refractivity (Wildman–Crippen MR) is 111 cm³/mol. The summed E-state index contributed by atoms with van der Waals surface area (Å²) in [5, 5.41) is 0. The first-order valence-corrected chi connectivity index (χ1v) is 9.49. The summed E-state index contributed by atoms with van der Waals surface area (Å²) in [6, 6.07) is 26.3. The summed E-state index contributed by atoms with van der Waals surface area (Å²) in [5.74, 6) is 0. The Balaban J connectivity index is 2.00. The molecule has 0 fully saturated rings. The minimum absolute atomic E-state index is 0.00745. The van der Waals surface area contributed by atoms with Gasteiger partial charge in [0.15, 0.2) is 0 Å². The molecule has 0 saturated carbocycles. The van der Waals surface area contributed by atoms with Crippen LogP contribution in [-0.4, -0.2) is 0 Å². The van der Waals surface area contributed by atoms with Gasteiger partial charge < -0.3 is 0 Å². The molecule has 1 aliphatic rings. The second-order valence-corrected chi connectivity index (χ2v) is 8.14. The lowest BCUT2D eigenvalue weighted by Gasteiger charge is -2.32. The van der Waals surface area contributed by atoms with Gasteiger partial charge in [0.1, 0.15) is 0 Å². The van der Waals surface area contributed by atoms with Crippen molar-refractivity contribution in [1.82, 2.24) is 0 Å². The Hall–Kier alpha value is -2.12. The fourth-order valence-corrected chi connectivity index (χ4v) is 4.34. The minimum atomic E-state index is -0.00745. The molecule has 0 unspecified atom stereocenters. The maximum absolute atomic E-state index is 3.62. The zero-order valence-corrected chi connectivity index (χ0v) is 16.2. The lowest BCUT2D eigenvalue weighted by Crippen LogP contribution is -2.23. The van der Waals surface area contributed by atoms with Gasteiger partial charge in [-0.2, -0.15) is 0 Å². The molecule has 3 aromatic carbocycles. The number of allylic oxidation sites excluding steroid dienone is 1. The first-order chi connectivity index (χ1) is 12.1. The third kappa shape index (κ3) is 2.98. The molecule has 0 aromatic heterocycles. The monoisotopic (exact) mass is 388 g/mol. The fourth-order valence-electron chi connectivity index (χ4n) is 3.94. The average molecular weight is 389 g/mol. The summed E-state index contributed by atoms with van der Waals surface area (Å²) in [4.78, 5) is 0. The van der Waals surface area contributed by atoms with Gasteiger partial charge in [-0.25, -0.2) is 0 Å². The summed E-state index contributed by atoms with van der Waals surface area (Å²) < 4.78 is 1.12. The summed E-state index contributed by atoms with van der Waals surface area (Å²) in [5.41, 5.74) is 8.16.